The normalized spacial score (nSPS) is 14.1. The van der Waals surface area contributed by atoms with Crippen molar-refractivity contribution in [2.24, 2.45) is 5.73 Å². The van der Waals surface area contributed by atoms with E-state index in [-0.39, 0.29) is 19.3 Å². The van der Waals surface area contributed by atoms with E-state index in [0.717, 1.165) is 16.5 Å². The van der Waals surface area contributed by atoms with Crippen LogP contribution in [0.3, 0.4) is 0 Å². The van der Waals surface area contributed by atoms with E-state index >= 15 is 0 Å². The molecule has 0 saturated heterocycles. The molecule has 40 heavy (non-hydrogen) atoms. The number of carbonyl (C=O) groups is 5. The number of nitrogens with zero attached hydrogens (tertiary/aromatic N) is 1. The predicted molar refractivity (Wildman–Crippen MR) is 140 cm³/mol. The Kier molecular flexibility index (Phi) is 10.3. The molecule has 4 atom stereocenters. The van der Waals surface area contributed by atoms with E-state index in [4.69, 9.17) is 10.8 Å². The number of aliphatic carboxylic acids is 2. The van der Waals surface area contributed by atoms with E-state index in [0.29, 0.717) is 5.69 Å². The zero-order valence-corrected chi connectivity index (χ0v) is 21.3. The van der Waals surface area contributed by atoms with Gasteiger partial charge in [0.05, 0.1) is 19.0 Å². The van der Waals surface area contributed by atoms with Crippen molar-refractivity contribution >= 4 is 40.6 Å². The van der Waals surface area contributed by atoms with Crippen LogP contribution in [0.2, 0.25) is 0 Å². The third-order valence-electron chi connectivity index (χ3n) is 6.14. The first-order chi connectivity index (χ1) is 19.1. The number of hydrogen-bond donors (Lipinski definition) is 9. The minimum Gasteiger partial charge on any atom is -0.481 e. The van der Waals surface area contributed by atoms with E-state index in [1.165, 1.54) is 12.5 Å². The molecule has 0 saturated carbocycles. The van der Waals surface area contributed by atoms with Gasteiger partial charge in [-0.1, -0.05) is 18.2 Å². The summed E-state index contributed by atoms with van der Waals surface area (Å²) < 4.78 is 0. The van der Waals surface area contributed by atoms with Crippen molar-refractivity contribution in [1.82, 2.24) is 30.9 Å². The molecule has 0 bridgehead atoms. The molecule has 3 aromatic rings. The molecule has 2 aromatic heterocycles. The molecule has 15 nitrogen and oxygen atoms in total. The predicted octanol–water partition coefficient (Wildman–Crippen LogP) is -1.60. The number of hydrogen-bond acceptors (Lipinski definition) is 8. The monoisotopic (exact) mass is 557 g/mol. The molecule has 10 N–H and O–H groups in total. The Morgan fingerprint density at radius 3 is 2.23 bits per heavy atom. The van der Waals surface area contributed by atoms with Crippen LogP contribution in [0.25, 0.3) is 10.9 Å². The standard InChI is InChI=1S/C25H31N7O8/c26-16(7-13-9-28-17-4-2-1-3-15(13)17)22(36)32-20(11-33)24(38)30-18(5-6-21(34)35)23(37)31-19(25(39)40)8-14-10-27-12-29-14/h1-4,9-10,12,16,18-20,28,33H,5-8,11,26H2,(H,27,29)(H,30,38)(H,31,37)(H,32,36)(H,34,35)(H,39,40). The summed E-state index contributed by atoms with van der Waals surface area (Å²) >= 11 is 0. The van der Waals surface area contributed by atoms with Gasteiger partial charge >= 0.3 is 11.9 Å². The molecule has 15 heteroatoms. The van der Waals surface area contributed by atoms with Gasteiger partial charge in [-0.3, -0.25) is 19.2 Å². The van der Waals surface area contributed by atoms with Gasteiger partial charge in [-0.2, -0.15) is 0 Å². The van der Waals surface area contributed by atoms with Crippen molar-refractivity contribution in [2.45, 2.75) is 49.9 Å². The first-order valence-corrected chi connectivity index (χ1v) is 12.3. The molecule has 0 spiro atoms. The summed E-state index contributed by atoms with van der Waals surface area (Å²) in [6.07, 6.45) is 3.51. The maximum Gasteiger partial charge on any atom is 0.326 e. The van der Waals surface area contributed by atoms with Crippen LogP contribution >= 0.6 is 0 Å². The number of benzene rings is 1. The largest absolute Gasteiger partial charge is 0.481 e. The van der Waals surface area contributed by atoms with Crippen LogP contribution in [0, 0.1) is 0 Å². The molecule has 214 valence electrons. The first-order valence-electron chi connectivity index (χ1n) is 12.3. The average Bonchev–Trinajstić information content (AvgIpc) is 3.58. The third kappa shape index (κ3) is 8.12. The second-order valence-corrected chi connectivity index (χ2v) is 9.09. The van der Waals surface area contributed by atoms with E-state index < -0.39 is 66.9 Å². The van der Waals surface area contributed by atoms with E-state index in [2.05, 4.69) is 30.9 Å². The number of carboxylic acid groups (broad SMARTS) is 2. The van der Waals surface area contributed by atoms with E-state index in [1.54, 1.807) is 6.20 Å². The molecule has 1 aromatic carbocycles. The van der Waals surface area contributed by atoms with Gasteiger partial charge < -0.3 is 47.0 Å². The maximum atomic E-state index is 12.9. The van der Waals surface area contributed by atoms with Crippen molar-refractivity contribution in [3.05, 3.63) is 54.2 Å². The molecule has 4 unspecified atom stereocenters. The molecular formula is C25H31N7O8. The van der Waals surface area contributed by atoms with Crippen LogP contribution in [-0.4, -0.2) is 90.7 Å². The van der Waals surface area contributed by atoms with Gasteiger partial charge in [-0.05, 0) is 24.5 Å². The highest BCUT2D eigenvalue weighted by Crippen LogP contribution is 2.18. The number of aromatic nitrogens is 3. The molecule has 0 radical (unpaired) electrons. The SMILES string of the molecule is NC(Cc1c[nH]c2ccccc12)C(=O)NC(CO)C(=O)NC(CCC(=O)O)C(=O)NC(Cc1cnc[nH]1)C(=O)O. The Bertz CT molecular complexity index is 1340. The lowest BCUT2D eigenvalue weighted by molar-refractivity contribution is -0.143. The van der Waals surface area contributed by atoms with Gasteiger partial charge in [0.15, 0.2) is 0 Å². The van der Waals surface area contributed by atoms with Crippen LogP contribution in [0.4, 0.5) is 0 Å². The third-order valence-corrected chi connectivity index (χ3v) is 6.14. The highest BCUT2D eigenvalue weighted by Gasteiger charge is 2.31. The average molecular weight is 558 g/mol. The molecule has 0 aliphatic carbocycles. The minimum absolute atomic E-state index is 0.131. The minimum atomic E-state index is -1.51. The maximum absolute atomic E-state index is 12.9. The number of nitrogens with one attached hydrogen (secondary N) is 5. The molecule has 3 amide bonds. The summed E-state index contributed by atoms with van der Waals surface area (Å²) in [4.78, 5) is 70.8. The van der Waals surface area contributed by atoms with Gasteiger partial charge in [0, 0.05) is 41.8 Å². The Balaban J connectivity index is 1.64. The van der Waals surface area contributed by atoms with Gasteiger partial charge in [0.2, 0.25) is 17.7 Å². The summed E-state index contributed by atoms with van der Waals surface area (Å²) in [5, 5.41) is 36.1. The van der Waals surface area contributed by atoms with Gasteiger partial charge in [0.25, 0.3) is 0 Å². The number of carboxylic acids is 2. The summed E-state index contributed by atoms with van der Waals surface area (Å²) in [5.41, 5.74) is 8.10. The van der Waals surface area contributed by atoms with Crippen molar-refractivity contribution in [3.63, 3.8) is 0 Å². The summed E-state index contributed by atoms with van der Waals surface area (Å²) in [6.45, 7) is -0.845. The highest BCUT2D eigenvalue weighted by atomic mass is 16.4. The number of amides is 3. The number of nitrogens with two attached hydrogens (primary N) is 1. The fourth-order valence-electron chi connectivity index (χ4n) is 4.00. The van der Waals surface area contributed by atoms with E-state index in [9.17, 15) is 34.2 Å². The van der Waals surface area contributed by atoms with Crippen LogP contribution in [-0.2, 0) is 36.8 Å². The number of H-pyrrole nitrogens is 2. The fourth-order valence-corrected chi connectivity index (χ4v) is 4.00. The van der Waals surface area contributed by atoms with E-state index in [1.807, 2.05) is 24.3 Å². The van der Waals surface area contributed by atoms with Crippen LogP contribution in [0.15, 0.2) is 43.0 Å². The van der Waals surface area contributed by atoms with Crippen molar-refractivity contribution in [2.75, 3.05) is 6.61 Å². The molecule has 0 fully saturated rings. The zero-order valence-electron chi connectivity index (χ0n) is 21.3. The summed E-state index contributed by atoms with van der Waals surface area (Å²) in [5.74, 6) is -5.30. The number of imidazole rings is 1. The lowest BCUT2D eigenvalue weighted by Gasteiger charge is -2.24. The second-order valence-electron chi connectivity index (χ2n) is 9.09. The Morgan fingerprint density at radius 1 is 0.900 bits per heavy atom. The highest BCUT2D eigenvalue weighted by molar-refractivity contribution is 5.94. The van der Waals surface area contributed by atoms with Gasteiger partial charge in [0.1, 0.15) is 18.1 Å². The number of aromatic amines is 2. The Labute approximate surface area is 227 Å². The first kappa shape index (κ1) is 29.8. The van der Waals surface area contributed by atoms with Crippen molar-refractivity contribution in [3.8, 4) is 0 Å². The Hall–Kier alpha value is -4.76. The summed E-state index contributed by atoms with van der Waals surface area (Å²) in [7, 11) is 0. The van der Waals surface area contributed by atoms with Gasteiger partial charge in [-0.25, -0.2) is 9.78 Å². The molecule has 0 aliphatic heterocycles. The zero-order chi connectivity index (χ0) is 29.2. The number of carbonyl (C=O) groups excluding carboxylic acids is 3. The molecule has 2 heterocycles. The molecule has 0 aliphatic rings. The molecule has 3 rings (SSSR count). The lowest BCUT2D eigenvalue weighted by Crippen LogP contribution is -2.58. The lowest BCUT2D eigenvalue weighted by atomic mass is 10.0. The fraction of sp³-hybridized carbons (Fsp3) is 0.360. The van der Waals surface area contributed by atoms with Gasteiger partial charge in [-0.15, -0.1) is 0 Å². The van der Waals surface area contributed by atoms with Crippen molar-refractivity contribution in [1.29, 1.82) is 0 Å². The Morgan fingerprint density at radius 2 is 1.57 bits per heavy atom. The van der Waals surface area contributed by atoms with Crippen molar-refractivity contribution < 1.29 is 39.3 Å². The summed E-state index contributed by atoms with van der Waals surface area (Å²) in [6, 6.07) is 1.94. The number of para-hydroxylation sites is 1. The number of fused-ring (bicyclic) bond motifs is 1. The number of aliphatic hydroxyl groups excluding tert-OH is 1. The van der Waals surface area contributed by atoms with Crippen LogP contribution < -0.4 is 21.7 Å². The number of aliphatic hydroxyl groups is 1. The second kappa shape index (κ2) is 13.9. The van der Waals surface area contributed by atoms with Crippen LogP contribution in [0.5, 0.6) is 0 Å². The quantitative estimate of drug-likeness (QED) is 0.103. The number of rotatable bonds is 15. The topological polar surface area (TPSA) is 253 Å². The smallest absolute Gasteiger partial charge is 0.326 e. The molecular weight excluding hydrogens is 526 g/mol. The van der Waals surface area contributed by atoms with Crippen LogP contribution in [0.1, 0.15) is 24.1 Å².